The van der Waals surface area contributed by atoms with Crippen LogP contribution >= 0.6 is 0 Å². The first-order valence-electron chi connectivity index (χ1n) is 13.1. The summed E-state index contributed by atoms with van der Waals surface area (Å²) in [6.45, 7) is 12.5. The van der Waals surface area contributed by atoms with Crippen molar-refractivity contribution in [3.05, 3.63) is 47.9 Å². The number of aromatic nitrogens is 3. The van der Waals surface area contributed by atoms with Crippen molar-refractivity contribution >= 4 is 28.2 Å². The monoisotopic (exact) mass is 488 g/mol. The number of hydrogen-bond donors (Lipinski definition) is 1. The molecule has 0 spiro atoms. The molecule has 0 radical (unpaired) electrons. The molecule has 8 nitrogen and oxygen atoms in total. The van der Waals surface area contributed by atoms with Crippen LogP contribution in [0.2, 0.25) is 0 Å². The molecule has 2 aliphatic heterocycles. The van der Waals surface area contributed by atoms with Crippen LogP contribution in [0, 0.1) is 18.8 Å². The van der Waals surface area contributed by atoms with Crippen molar-refractivity contribution in [3.63, 3.8) is 0 Å². The highest BCUT2D eigenvalue weighted by Gasteiger charge is 2.53. The Morgan fingerprint density at radius 3 is 2.64 bits per heavy atom. The molecule has 36 heavy (non-hydrogen) atoms. The van der Waals surface area contributed by atoms with Gasteiger partial charge < -0.3 is 15.0 Å². The van der Waals surface area contributed by atoms with Crippen LogP contribution in [0.3, 0.4) is 0 Å². The number of pyridine rings is 1. The van der Waals surface area contributed by atoms with Gasteiger partial charge in [-0.05, 0) is 60.9 Å². The van der Waals surface area contributed by atoms with Crippen molar-refractivity contribution in [2.24, 2.45) is 18.9 Å². The maximum atomic E-state index is 13.0. The lowest BCUT2D eigenvalue weighted by Gasteiger charge is -2.44. The number of rotatable bonds is 5. The molecular formula is C28H36N6O2. The van der Waals surface area contributed by atoms with E-state index >= 15 is 0 Å². The summed E-state index contributed by atoms with van der Waals surface area (Å²) in [6.07, 6.45) is 6.87. The summed E-state index contributed by atoms with van der Waals surface area (Å²) in [4.78, 5) is 22.7. The normalized spacial score (nSPS) is 28.6. The number of piperazine rings is 1. The number of ether oxygens (including phenoxy) is 1. The zero-order valence-electron chi connectivity index (χ0n) is 21.7. The number of aryl methyl sites for hydroxylation is 2. The van der Waals surface area contributed by atoms with Gasteiger partial charge in [0.1, 0.15) is 5.82 Å². The molecule has 4 heterocycles. The zero-order chi connectivity index (χ0) is 25.0. The van der Waals surface area contributed by atoms with Gasteiger partial charge in [-0.2, -0.15) is 5.10 Å². The Labute approximate surface area is 212 Å². The van der Waals surface area contributed by atoms with E-state index in [1.165, 1.54) is 11.3 Å². The third-order valence-electron chi connectivity index (χ3n) is 8.66. The number of fused-ring (bicyclic) bond motifs is 1. The molecule has 2 saturated heterocycles. The minimum Gasteiger partial charge on any atom is -0.379 e. The van der Waals surface area contributed by atoms with Crippen LogP contribution in [0.5, 0.6) is 0 Å². The molecule has 4 atom stereocenters. The van der Waals surface area contributed by atoms with Gasteiger partial charge in [0.25, 0.3) is 0 Å². The smallest absolute Gasteiger partial charge is 0.229 e. The maximum absolute atomic E-state index is 13.0. The van der Waals surface area contributed by atoms with Crippen LogP contribution in [0.15, 0.2) is 36.8 Å². The van der Waals surface area contributed by atoms with Gasteiger partial charge in [0.15, 0.2) is 0 Å². The SMILES string of the molecule is Cc1cc2cnc(NC(=O)[C@H]3[C@@H](C)[C@@H]3c3cnn(C)c3)cc2cc1N1CCN([C@]2(C)CCOC2)CC1. The minimum atomic E-state index is -0.0382. The number of hydrogen-bond acceptors (Lipinski definition) is 6. The summed E-state index contributed by atoms with van der Waals surface area (Å²) >= 11 is 0. The van der Waals surface area contributed by atoms with Gasteiger partial charge in [0.05, 0.1) is 12.8 Å². The van der Waals surface area contributed by atoms with E-state index in [1.54, 1.807) is 4.68 Å². The van der Waals surface area contributed by atoms with Crippen LogP contribution in [0.25, 0.3) is 10.8 Å². The van der Waals surface area contributed by atoms with Gasteiger partial charge in [-0.25, -0.2) is 4.98 Å². The molecule has 1 aromatic carbocycles. The number of carbonyl (C=O) groups is 1. The Hall–Kier alpha value is -2.97. The number of amides is 1. The lowest BCUT2D eigenvalue weighted by atomic mass is 9.97. The number of nitrogens with one attached hydrogen (secondary N) is 1. The van der Waals surface area contributed by atoms with Crippen LogP contribution in [0.1, 0.15) is 37.3 Å². The molecular weight excluding hydrogens is 452 g/mol. The molecule has 0 bridgehead atoms. The Kier molecular flexibility index (Phi) is 5.76. The average Bonchev–Trinajstić information content (AvgIpc) is 3.15. The topological polar surface area (TPSA) is 75.5 Å². The third kappa shape index (κ3) is 4.16. The number of carbonyl (C=O) groups excluding carboxylic acids is 1. The van der Waals surface area contributed by atoms with Crippen molar-refractivity contribution in [2.45, 2.75) is 38.6 Å². The highest BCUT2D eigenvalue weighted by molar-refractivity contribution is 5.97. The van der Waals surface area contributed by atoms with Crippen LogP contribution in [-0.4, -0.2) is 70.5 Å². The van der Waals surface area contributed by atoms with E-state index in [9.17, 15) is 4.79 Å². The molecule has 1 N–H and O–H groups in total. The molecule has 6 rings (SSSR count). The number of benzene rings is 1. The largest absolute Gasteiger partial charge is 0.379 e. The summed E-state index contributed by atoms with van der Waals surface area (Å²) in [5.41, 5.74) is 3.84. The van der Waals surface area contributed by atoms with Crippen LogP contribution in [-0.2, 0) is 16.6 Å². The molecule has 2 aromatic heterocycles. The van der Waals surface area contributed by atoms with E-state index in [1.807, 2.05) is 31.7 Å². The molecule has 8 heteroatoms. The summed E-state index contributed by atoms with van der Waals surface area (Å²) in [7, 11) is 1.91. The second kappa shape index (κ2) is 8.85. The second-order valence-corrected chi connectivity index (χ2v) is 11.2. The molecule has 3 fully saturated rings. The lowest BCUT2D eigenvalue weighted by Crippen LogP contribution is -2.56. The average molecular weight is 489 g/mol. The highest BCUT2D eigenvalue weighted by atomic mass is 16.5. The summed E-state index contributed by atoms with van der Waals surface area (Å²) < 4.78 is 7.48. The molecule has 0 unspecified atom stereocenters. The molecule has 190 valence electrons. The molecule has 3 aliphatic rings. The van der Waals surface area contributed by atoms with E-state index in [0.717, 1.165) is 62.1 Å². The predicted molar refractivity (Wildman–Crippen MR) is 141 cm³/mol. The van der Waals surface area contributed by atoms with Gasteiger partial charge in [0, 0.05) is 80.7 Å². The Balaban J connectivity index is 1.16. The molecule has 1 saturated carbocycles. The van der Waals surface area contributed by atoms with Crippen molar-refractivity contribution in [1.29, 1.82) is 0 Å². The van der Waals surface area contributed by atoms with Crippen LogP contribution < -0.4 is 10.2 Å². The van der Waals surface area contributed by atoms with Crippen molar-refractivity contribution in [1.82, 2.24) is 19.7 Å². The van der Waals surface area contributed by atoms with Crippen molar-refractivity contribution < 1.29 is 9.53 Å². The Morgan fingerprint density at radius 1 is 1.14 bits per heavy atom. The fourth-order valence-corrected chi connectivity index (χ4v) is 6.29. The summed E-state index contributed by atoms with van der Waals surface area (Å²) in [5.74, 6) is 1.15. The van der Waals surface area contributed by atoms with E-state index in [2.05, 4.69) is 58.1 Å². The Morgan fingerprint density at radius 2 is 1.94 bits per heavy atom. The van der Waals surface area contributed by atoms with E-state index in [0.29, 0.717) is 11.7 Å². The van der Waals surface area contributed by atoms with Gasteiger partial charge in [-0.15, -0.1) is 0 Å². The van der Waals surface area contributed by atoms with Gasteiger partial charge in [0.2, 0.25) is 5.91 Å². The fraction of sp³-hybridized carbons (Fsp3) is 0.536. The second-order valence-electron chi connectivity index (χ2n) is 11.2. The van der Waals surface area contributed by atoms with Crippen molar-refractivity contribution in [3.8, 4) is 0 Å². The van der Waals surface area contributed by atoms with E-state index in [-0.39, 0.29) is 23.3 Å². The summed E-state index contributed by atoms with van der Waals surface area (Å²) in [6, 6.07) is 6.48. The van der Waals surface area contributed by atoms with Gasteiger partial charge >= 0.3 is 0 Å². The third-order valence-corrected chi connectivity index (χ3v) is 8.66. The van der Waals surface area contributed by atoms with E-state index in [4.69, 9.17) is 4.74 Å². The fourth-order valence-electron chi connectivity index (χ4n) is 6.29. The predicted octanol–water partition coefficient (Wildman–Crippen LogP) is 3.57. The molecule has 1 aliphatic carbocycles. The van der Waals surface area contributed by atoms with Gasteiger partial charge in [-0.1, -0.05) is 6.92 Å². The number of nitrogens with zero attached hydrogens (tertiary/aromatic N) is 5. The first-order chi connectivity index (χ1) is 17.3. The van der Waals surface area contributed by atoms with E-state index < -0.39 is 0 Å². The summed E-state index contributed by atoms with van der Waals surface area (Å²) in [5, 5.41) is 9.54. The number of anilines is 2. The lowest BCUT2D eigenvalue weighted by molar-refractivity contribution is -0.117. The van der Waals surface area contributed by atoms with Crippen LogP contribution in [0.4, 0.5) is 11.5 Å². The molecule has 3 aromatic rings. The zero-order valence-corrected chi connectivity index (χ0v) is 21.7. The first-order valence-corrected chi connectivity index (χ1v) is 13.1. The Bertz CT molecular complexity index is 1290. The molecule has 1 amide bonds. The standard InChI is InChI=1S/C28H36N6O2/c1-18-11-21-14-29-24(31-27(35)26-19(2)25(26)22-15-30-32(4)16-22)13-20(21)12-23(18)33-6-8-34(9-7-33)28(3)5-10-36-17-28/h11-16,19,25-26H,5-10,17H2,1-4H3,(H,29,31,35)/t19-,25+,26-,28+/m0/s1. The van der Waals surface area contributed by atoms with Gasteiger partial charge in [-0.3, -0.25) is 14.4 Å². The maximum Gasteiger partial charge on any atom is 0.229 e. The minimum absolute atomic E-state index is 0.0380. The highest BCUT2D eigenvalue weighted by Crippen LogP contribution is 2.54. The quantitative estimate of drug-likeness (QED) is 0.592. The first kappa shape index (κ1) is 23.4. The van der Waals surface area contributed by atoms with Crippen molar-refractivity contribution in [2.75, 3.05) is 49.6 Å².